The molecule has 266 valence electrons. The minimum Gasteiger partial charge on any atom is -0.508 e. The molecule has 1 N–H and O–H groups in total. The second kappa shape index (κ2) is 14.1. The Morgan fingerprint density at radius 2 is 1.67 bits per heavy atom. The SMILES string of the molecule is Cc1cnc(C(=O)N2Cc3ccccc3C[C@H]2CN2CCOCC2)c(-c2cc(C(=O)N(c3ccc(O)cc3)c3cc(C#N)n(C)c3C)c(C)n2C)c1. The number of hydrogen-bond acceptors (Lipinski definition) is 7. The lowest BCUT2D eigenvalue weighted by Crippen LogP contribution is -2.52. The molecule has 11 nitrogen and oxygen atoms in total. The lowest BCUT2D eigenvalue weighted by Gasteiger charge is -2.40. The van der Waals surface area contributed by atoms with Crippen molar-refractivity contribution in [2.75, 3.05) is 37.7 Å². The summed E-state index contributed by atoms with van der Waals surface area (Å²) in [5.74, 6) is -0.385. The van der Waals surface area contributed by atoms with Gasteiger partial charge in [-0.2, -0.15) is 5.26 Å². The number of benzene rings is 2. The molecule has 1 fully saturated rings. The van der Waals surface area contributed by atoms with Crippen LogP contribution in [0.2, 0.25) is 0 Å². The number of phenols is 1. The van der Waals surface area contributed by atoms with E-state index in [1.54, 1.807) is 40.9 Å². The maximum absolute atomic E-state index is 14.8. The van der Waals surface area contributed by atoms with Crippen LogP contribution in [0.15, 0.2) is 72.9 Å². The van der Waals surface area contributed by atoms with Crippen LogP contribution in [-0.2, 0) is 31.8 Å². The number of aromatic nitrogens is 3. The first-order valence-corrected chi connectivity index (χ1v) is 17.6. The normalized spacial score (nSPS) is 16.0. The Kier molecular flexibility index (Phi) is 9.44. The Morgan fingerprint density at radius 3 is 2.37 bits per heavy atom. The zero-order valence-corrected chi connectivity index (χ0v) is 30.3. The van der Waals surface area contributed by atoms with E-state index < -0.39 is 0 Å². The van der Waals surface area contributed by atoms with Crippen LogP contribution >= 0.6 is 0 Å². The van der Waals surface area contributed by atoms with Crippen molar-refractivity contribution in [1.29, 1.82) is 5.26 Å². The van der Waals surface area contributed by atoms with Gasteiger partial charge in [0.05, 0.1) is 30.2 Å². The van der Waals surface area contributed by atoms with E-state index in [4.69, 9.17) is 9.72 Å². The largest absolute Gasteiger partial charge is 0.508 e. The molecule has 7 rings (SSSR count). The standard InChI is InChI=1S/C41H43N7O4/c1-26-18-36(39(43-23-26)41(51)47-24-30-9-7-6-8-29(30)19-33(47)25-46-14-16-52-17-15-46)38-21-35(27(2)45(38)5)40(50)48(31-10-12-34(49)13-11-31)37-20-32(22-42)44(4)28(37)3/h6-13,18,20-21,23,33,49H,14-17,19,24-25H2,1-5H3/t33-/m0/s1. The topological polar surface area (TPSA) is 120 Å². The summed E-state index contributed by atoms with van der Waals surface area (Å²) in [4.78, 5) is 40.2. The molecule has 0 radical (unpaired) electrons. The van der Waals surface area contributed by atoms with E-state index in [9.17, 15) is 20.0 Å². The quantitative estimate of drug-likeness (QED) is 0.228. The Morgan fingerprint density at radius 1 is 0.962 bits per heavy atom. The van der Waals surface area contributed by atoms with Gasteiger partial charge in [-0.25, -0.2) is 0 Å². The number of nitrogens with zero attached hydrogens (tertiary/aromatic N) is 7. The van der Waals surface area contributed by atoms with E-state index in [1.165, 1.54) is 17.7 Å². The van der Waals surface area contributed by atoms with Crippen molar-refractivity contribution >= 4 is 23.2 Å². The minimum absolute atomic E-state index is 0.0463. The van der Waals surface area contributed by atoms with Gasteiger partial charge in [0.15, 0.2) is 0 Å². The van der Waals surface area contributed by atoms with Crippen LogP contribution in [0.25, 0.3) is 11.3 Å². The monoisotopic (exact) mass is 697 g/mol. The van der Waals surface area contributed by atoms with Crippen molar-refractivity contribution in [2.24, 2.45) is 14.1 Å². The van der Waals surface area contributed by atoms with Crippen molar-refractivity contribution < 1.29 is 19.4 Å². The van der Waals surface area contributed by atoms with Crippen molar-refractivity contribution in [3.05, 3.63) is 118 Å². The Hall–Kier alpha value is -5.70. The van der Waals surface area contributed by atoms with Crippen LogP contribution in [0.3, 0.4) is 0 Å². The molecule has 5 aromatic rings. The van der Waals surface area contributed by atoms with Crippen LogP contribution in [0.1, 0.15) is 54.6 Å². The molecule has 1 atom stereocenters. The molecule has 0 bridgehead atoms. The molecule has 11 heteroatoms. The number of pyridine rings is 1. The number of morpholine rings is 1. The zero-order chi connectivity index (χ0) is 36.7. The average molecular weight is 698 g/mol. The number of ether oxygens (including phenoxy) is 1. The second-order valence-electron chi connectivity index (χ2n) is 13.8. The molecule has 2 aromatic carbocycles. The number of aryl methyl sites for hydroxylation is 1. The maximum atomic E-state index is 14.8. The van der Waals surface area contributed by atoms with Gasteiger partial charge in [0, 0.05) is 75.2 Å². The number of carbonyl (C=O) groups excluding carboxylic acids is 2. The lowest BCUT2D eigenvalue weighted by molar-refractivity contribution is 0.0191. The average Bonchev–Trinajstić information content (AvgIpc) is 3.61. The molecule has 0 aliphatic carbocycles. The first-order chi connectivity index (χ1) is 25.0. The molecular weight excluding hydrogens is 654 g/mol. The third kappa shape index (κ3) is 6.36. The Labute approximate surface area is 303 Å². The third-order valence-corrected chi connectivity index (χ3v) is 10.6. The molecular formula is C41H43N7O4. The fraction of sp³-hybridized carbons (Fsp3) is 0.317. The van der Waals surface area contributed by atoms with Crippen LogP contribution < -0.4 is 4.90 Å². The highest BCUT2D eigenvalue weighted by Crippen LogP contribution is 2.36. The van der Waals surface area contributed by atoms with Gasteiger partial charge < -0.3 is 23.9 Å². The number of rotatable bonds is 7. The van der Waals surface area contributed by atoms with Crippen LogP contribution in [0, 0.1) is 32.1 Å². The molecule has 0 saturated carbocycles. The van der Waals surface area contributed by atoms with Crippen LogP contribution in [-0.4, -0.2) is 79.7 Å². The van der Waals surface area contributed by atoms with E-state index in [1.807, 2.05) is 55.5 Å². The van der Waals surface area contributed by atoms with Gasteiger partial charge in [-0.05, 0) is 86.3 Å². The van der Waals surface area contributed by atoms with Gasteiger partial charge >= 0.3 is 0 Å². The molecule has 2 aliphatic heterocycles. The molecule has 2 amide bonds. The van der Waals surface area contributed by atoms with Crippen molar-refractivity contribution in [3.8, 4) is 23.1 Å². The number of hydrogen-bond donors (Lipinski definition) is 1. The van der Waals surface area contributed by atoms with E-state index in [2.05, 4.69) is 29.2 Å². The molecule has 0 unspecified atom stereocenters. The summed E-state index contributed by atoms with van der Waals surface area (Å²) < 4.78 is 9.29. The van der Waals surface area contributed by atoms with Crippen molar-refractivity contribution in [2.45, 2.75) is 39.8 Å². The van der Waals surface area contributed by atoms with E-state index in [-0.39, 0.29) is 23.6 Å². The predicted octanol–water partition coefficient (Wildman–Crippen LogP) is 5.81. The smallest absolute Gasteiger partial charge is 0.273 e. The molecule has 52 heavy (non-hydrogen) atoms. The van der Waals surface area contributed by atoms with E-state index >= 15 is 0 Å². The number of carbonyl (C=O) groups is 2. The highest BCUT2D eigenvalue weighted by molar-refractivity contribution is 6.13. The summed E-state index contributed by atoms with van der Waals surface area (Å²) in [6.07, 6.45) is 2.48. The summed E-state index contributed by atoms with van der Waals surface area (Å²) >= 11 is 0. The minimum atomic E-state index is -0.310. The highest BCUT2D eigenvalue weighted by atomic mass is 16.5. The molecule has 1 saturated heterocycles. The van der Waals surface area contributed by atoms with Crippen molar-refractivity contribution in [3.63, 3.8) is 0 Å². The summed E-state index contributed by atoms with van der Waals surface area (Å²) in [6, 6.07) is 22.4. The number of fused-ring (bicyclic) bond motifs is 1. The van der Waals surface area contributed by atoms with Crippen molar-refractivity contribution in [1.82, 2.24) is 23.9 Å². The zero-order valence-electron chi connectivity index (χ0n) is 30.3. The number of phenolic OH excluding ortho intramolecular Hbond substituents is 1. The number of anilines is 2. The van der Waals surface area contributed by atoms with Gasteiger partial charge in [0.25, 0.3) is 11.8 Å². The molecule has 3 aromatic heterocycles. The first-order valence-electron chi connectivity index (χ1n) is 17.6. The summed E-state index contributed by atoms with van der Waals surface area (Å²) in [7, 11) is 3.68. The molecule has 0 spiro atoms. The first kappa shape index (κ1) is 34.7. The maximum Gasteiger partial charge on any atom is 0.273 e. The molecule has 2 aliphatic rings. The van der Waals surface area contributed by atoms with Gasteiger partial charge in [-0.15, -0.1) is 0 Å². The predicted molar refractivity (Wildman–Crippen MR) is 199 cm³/mol. The van der Waals surface area contributed by atoms with Crippen LogP contribution in [0.5, 0.6) is 5.75 Å². The van der Waals surface area contributed by atoms with Gasteiger partial charge in [0.1, 0.15) is 23.2 Å². The summed E-state index contributed by atoms with van der Waals surface area (Å²) in [6.45, 7) is 9.94. The van der Waals surface area contributed by atoms with E-state index in [0.717, 1.165) is 42.9 Å². The van der Waals surface area contributed by atoms with Gasteiger partial charge in [-0.1, -0.05) is 24.3 Å². The fourth-order valence-electron chi connectivity index (χ4n) is 7.42. The molecule has 5 heterocycles. The summed E-state index contributed by atoms with van der Waals surface area (Å²) in [5, 5.41) is 19.8. The third-order valence-electron chi connectivity index (χ3n) is 10.6. The Balaban J connectivity index is 1.29. The number of aromatic hydroxyl groups is 1. The summed E-state index contributed by atoms with van der Waals surface area (Å²) in [5.41, 5.74) is 8.35. The van der Waals surface area contributed by atoms with Gasteiger partial charge in [0.2, 0.25) is 0 Å². The van der Waals surface area contributed by atoms with Crippen LogP contribution in [0.4, 0.5) is 11.4 Å². The Bertz CT molecular complexity index is 2200. The lowest BCUT2D eigenvalue weighted by atomic mass is 9.92. The second-order valence-corrected chi connectivity index (χ2v) is 13.8. The number of nitriles is 1. The number of amides is 2. The van der Waals surface area contributed by atoms with Gasteiger partial charge in [-0.3, -0.25) is 24.4 Å². The van der Waals surface area contributed by atoms with E-state index in [0.29, 0.717) is 65.0 Å². The fourth-order valence-corrected chi connectivity index (χ4v) is 7.42. The highest BCUT2D eigenvalue weighted by Gasteiger charge is 2.35.